The van der Waals surface area contributed by atoms with E-state index < -0.39 is 10.0 Å². The molecule has 0 atom stereocenters. The Bertz CT molecular complexity index is 360. The zero-order valence-electron chi connectivity index (χ0n) is 11.7. The first-order valence-electron chi connectivity index (χ1n) is 7.73. The van der Waals surface area contributed by atoms with Crippen LogP contribution >= 0.6 is 15.9 Å². The number of hydrogen-bond acceptors (Lipinski definition) is 2. The molecule has 2 aliphatic carbocycles. The number of nitrogens with zero attached hydrogens (tertiary/aromatic N) is 1. The van der Waals surface area contributed by atoms with E-state index in [-0.39, 0.29) is 11.3 Å². The maximum atomic E-state index is 12.9. The maximum Gasteiger partial charge on any atom is 0.217 e. The van der Waals surface area contributed by atoms with Crippen LogP contribution in [0.2, 0.25) is 0 Å². The highest BCUT2D eigenvalue weighted by atomic mass is 79.9. The van der Waals surface area contributed by atoms with Crippen LogP contribution in [-0.4, -0.2) is 35.9 Å². The fourth-order valence-corrected chi connectivity index (χ4v) is 6.43. The average Bonchev–Trinajstić information content (AvgIpc) is 2.46. The molecule has 0 amide bonds. The molecule has 0 bridgehead atoms. The lowest BCUT2D eigenvalue weighted by molar-refractivity contribution is 0.258. The molecule has 2 rings (SSSR count). The molecule has 0 aromatic carbocycles. The van der Waals surface area contributed by atoms with Gasteiger partial charge in [-0.25, -0.2) is 8.42 Å². The van der Waals surface area contributed by atoms with E-state index in [1.807, 2.05) is 4.31 Å². The summed E-state index contributed by atoms with van der Waals surface area (Å²) in [6.07, 6.45) is 10.8. The standard InChI is InChI=1S/C14H26BrNO2S/c15-11-12-16(13-7-3-1-4-8-13)19(17,18)14-9-5-2-6-10-14/h13-14H,1-12H2. The van der Waals surface area contributed by atoms with E-state index in [4.69, 9.17) is 0 Å². The van der Waals surface area contributed by atoms with E-state index in [1.54, 1.807) is 0 Å². The lowest BCUT2D eigenvalue weighted by atomic mass is 9.95. The summed E-state index contributed by atoms with van der Waals surface area (Å²) < 4.78 is 27.6. The van der Waals surface area contributed by atoms with Crippen molar-refractivity contribution >= 4 is 26.0 Å². The topological polar surface area (TPSA) is 37.4 Å². The van der Waals surface area contributed by atoms with Gasteiger partial charge in [-0.2, -0.15) is 4.31 Å². The second-order valence-corrected chi connectivity index (χ2v) is 8.86. The predicted octanol–water partition coefficient (Wildman–Crippen LogP) is 3.68. The molecule has 0 aromatic rings. The van der Waals surface area contributed by atoms with Crippen molar-refractivity contribution < 1.29 is 8.42 Å². The van der Waals surface area contributed by atoms with Gasteiger partial charge in [0, 0.05) is 17.9 Å². The van der Waals surface area contributed by atoms with E-state index in [0.717, 1.165) is 43.9 Å². The van der Waals surface area contributed by atoms with Gasteiger partial charge in [-0.1, -0.05) is 54.5 Å². The van der Waals surface area contributed by atoms with Gasteiger partial charge in [0.2, 0.25) is 10.0 Å². The van der Waals surface area contributed by atoms with E-state index in [1.165, 1.54) is 25.7 Å². The van der Waals surface area contributed by atoms with Crippen LogP contribution in [0.3, 0.4) is 0 Å². The first-order valence-corrected chi connectivity index (χ1v) is 10.4. The van der Waals surface area contributed by atoms with Crippen LogP contribution < -0.4 is 0 Å². The Balaban J connectivity index is 2.11. The van der Waals surface area contributed by atoms with E-state index >= 15 is 0 Å². The second kappa shape index (κ2) is 7.41. The summed E-state index contributed by atoms with van der Waals surface area (Å²) >= 11 is 3.43. The van der Waals surface area contributed by atoms with Gasteiger partial charge in [0.25, 0.3) is 0 Å². The molecule has 0 aromatic heterocycles. The molecule has 19 heavy (non-hydrogen) atoms. The molecule has 3 nitrogen and oxygen atoms in total. The normalized spacial score (nSPS) is 23.9. The van der Waals surface area contributed by atoms with Gasteiger partial charge < -0.3 is 0 Å². The zero-order valence-corrected chi connectivity index (χ0v) is 14.1. The minimum absolute atomic E-state index is 0.109. The van der Waals surface area contributed by atoms with E-state index in [0.29, 0.717) is 6.54 Å². The fraction of sp³-hybridized carbons (Fsp3) is 1.00. The van der Waals surface area contributed by atoms with Gasteiger partial charge in [-0.15, -0.1) is 0 Å². The van der Waals surface area contributed by atoms with Crippen molar-refractivity contribution in [3.05, 3.63) is 0 Å². The van der Waals surface area contributed by atoms with Gasteiger partial charge in [0.05, 0.1) is 5.25 Å². The maximum absolute atomic E-state index is 12.9. The molecule has 2 aliphatic rings. The van der Waals surface area contributed by atoms with Crippen molar-refractivity contribution in [2.45, 2.75) is 75.5 Å². The Morgan fingerprint density at radius 2 is 1.42 bits per heavy atom. The molecule has 0 N–H and O–H groups in total. The smallest absolute Gasteiger partial charge is 0.212 e. The van der Waals surface area contributed by atoms with Gasteiger partial charge in [0.15, 0.2) is 0 Å². The quantitative estimate of drug-likeness (QED) is 0.708. The third-order valence-electron chi connectivity index (χ3n) is 4.59. The summed E-state index contributed by atoms with van der Waals surface area (Å²) in [6, 6.07) is 0.262. The van der Waals surface area contributed by atoms with E-state index in [9.17, 15) is 8.42 Å². The summed E-state index contributed by atoms with van der Waals surface area (Å²) in [4.78, 5) is 0. The Kier molecular flexibility index (Phi) is 6.15. The monoisotopic (exact) mass is 351 g/mol. The van der Waals surface area contributed by atoms with Gasteiger partial charge in [0.1, 0.15) is 0 Å². The predicted molar refractivity (Wildman–Crippen MR) is 83.2 cm³/mol. The van der Waals surface area contributed by atoms with Crippen molar-refractivity contribution in [1.82, 2.24) is 4.31 Å². The number of rotatable bonds is 5. The molecule has 0 spiro atoms. The Morgan fingerprint density at radius 1 is 0.895 bits per heavy atom. The van der Waals surface area contributed by atoms with Crippen molar-refractivity contribution in [1.29, 1.82) is 0 Å². The van der Waals surface area contributed by atoms with Gasteiger partial charge in [-0.05, 0) is 25.7 Å². The molecule has 0 aliphatic heterocycles. The van der Waals surface area contributed by atoms with Crippen LogP contribution in [0.1, 0.15) is 64.2 Å². The number of sulfonamides is 1. The minimum Gasteiger partial charge on any atom is -0.212 e. The van der Waals surface area contributed by atoms with Crippen LogP contribution in [0.15, 0.2) is 0 Å². The molecule has 0 unspecified atom stereocenters. The molecule has 2 fully saturated rings. The Hall–Kier alpha value is 0.390. The molecule has 0 heterocycles. The molecule has 5 heteroatoms. The van der Waals surface area contributed by atoms with Gasteiger partial charge in [-0.3, -0.25) is 0 Å². The second-order valence-electron chi connectivity index (χ2n) is 5.90. The van der Waals surface area contributed by atoms with Crippen molar-refractivity contribution in [2.75, 3.05) is 11.9 Å². The van der Waals surface area contributed by atoms with Crippen LogP contribution in [0, 0.1) is 0 Å². The van der Waals surface area contributed by atoms with Gasteiger partial charge >= 0.3 is 0 Å². The van der Waals surface area contributed by atoms with E-state index in [2.05, 4.69) is 15.9 Å². The van der Waals surface area contributed by atoms with Crippen molar-refractivity contribution in [2.24, 2.45) is 0 Å². The lowest BCUT2D eigenvalue weighted by Crippen LogP contribution is -2.47. The highest BCUT2D eigenvalue weighted by molar-refractivity contribution is 9.09. The lowest BCUT2D eigenvalue weighted by Gasteiger charge is -2.36. The largest absolute Gasteiger partial charge is 0.217 e. The summed E-state index contributed by atoms with van der Waals surface area (Å²) in [6.45, 7) is 0.642. The third kappa shape index (κ3) is 3.94. The minimum atomic E-state index is -3.08. The molecular weight excluding hydrogens is 326 g/mol. The van der Waals surface area contributed by atoms with Crippen molar-refractivity contribution in [3.8, 4) is 0 Å². The summed E-state index contributed by atoms with van der Waals surface area (Å²) in [5.41, 5.74) is 0. The Labute approximate surface area is 126 Å². The third-order valence-corrected chi connectivity index (χ3v) is 7.39. The summed E-state index contributed by atoms with van der Waals surface area (Å²) in [7, 11) is -3.08. The molecule has 2 saturated carbocycles. The highest BCUT2D eigenvalue weighted by Crippen LogP contribution is 2.31. The molecule has 112 valence electrons. The van der Waals surface area contributed by atoms with Crippen molar-refractivity contribution in [3.63, 3.8) is 0 Å². The number of alkyl halides is 1. The highest BCUT2D eigenvalue weighted by Gasteiger charge is 2.36. The fourth-order valence-electron chi connectivity index (χ4n) is 3.52. The van der Waals surface area contributed by atoms with Crippen LogP contribution in [0.25, 0.3) is 0 Å². The molecular formula is C14H26BrNO2S. The summed E-state index contributed by atoms with van der Waals surface area (Å²) in [5, 5.41) is 0.636. The van der Waals surface area contributed by atoms with Crippen LogP contribution in [-0.2, 0) is 10.0 Å². The average molecular weight is 352 g/mol. The first-order chi connectivity index (χ1) is 9.16. The SMILES string of the molecule is O=S(=O)(C1CCCCC1)N(CCBr)C1CCCCC1. The molecule has 0 radical (unpaired) electrons. The Morgan fingerprint density at radius 3 is 1.95 bits per heavy atom. The molecule has 0 saturated heterocycles. The zero-order chi connectivity index (χ0) is 13.7. The number of hydrogen-bond donors (Lipinski definition) is 0. The summed E-state index contributed by atoms with van der Waals surface area (Å²) in [5.74, 6) is 0. The van der Waals surface area contributed by atoms with Crippen LogP contribution in [0.5, 0.6) is 0 Å². The number of halogens is 1. The van der Waals surface area contributed by atoms with Crippen LogP contribution in [0.4, 0.5) is 0 Å². The first kappa shape index (κ1) is 15.8.